The monoisotopic (exact) mass is 207 g/mol. The number of hydrogen-bond acceptors (Lipinski definition) is 2. The molecular weight excluding hydrogens is 198 g/mol. The Morgan fingerprint density at radius 2 is 2.14 bits per heavy atom. The van der Waals surface area contributed by atoms with Crippen molar-refractivity contribution in [3.8, 4) is 11.3 Å². The molecule has 0 bridgehead atoms. The number of halogens is 1. The summed E-state index contributed by atoms with van der Waals surface area (Å²) < 4.78 is 1.64. The third kappa shape index (κ3) is 1.59. The van der Waals surface area contributed by atoms with Crippen LogP contribution in [0.1, 0.15) is 0 Å². The minimum atomic E-state index is 0.639. The normalized spacial score (nSPS) is 10.4. The topological polar surface area (TPSA) is 43.8 Å². The van der Waals surface area contributed by atoms with Crippen molar-refractivity contribution in [2.75, 3.05) is 5.73 Å². The predicted octanol–water partition coefficient (Wildman–Crippen LogP) is 2.32. The number of rotatable bonds is 1. The Hall–Kier alpha value is -1.48. The molecule has 0 saturated heterocycles. The maximum atomic E-state index is 5.88. The molecule has 1 heterocycles. The van der Waals surface area contributed by atoms with Gasteiger partial charge in [-0.25, -0.2) is 0 Å². The summed E-state index contributed by atoms with van der Waals surface area (Å²) in [6.07, 6.45) is 0. The molecule has 0 unspecified atom stereocenters. The van der Waals surface area contributed by atoms with Gasteiger partial charge in [0.05, 0.1) is 5.69 Å². The Labute approximate surface area is 87.1 Å². The molecule has 0 amide bonds. The first kappa shape index (κ1) is 9.09. The van der Waals surface area contributed by atoms with Gasteiger partial charge in [0.15, 0.2) is 0 Å². The van der Waals surface area contributed by atoms with Crippen molar-refractivity contribution in [1.29, 1.82) is 0 Å². The number of nitrogen functional groups attached to an aromatic ring is 1. The summed E-state index contributed by atoms with van der Waals surface area (Å²) in [4.78, 5) is 0. The zero-order valence-corrected chi connectivity index (χ0v) is 8.49. The molecule has 0 fully saturated rings. The lowest BCUT2D eigenvalue weighted by molar-refractivity contribution is 0.782. The van der Waals surface area contributed by atoms with Crippen LogP contribution in [0.4, 0.5) is 5.82 Å². The van der Waals surface area contributed by atoms with E-state index >= 15 is 0 Å². The Bertz CT molecular complexity index is 443. The largest absolute Gasteiger partial charge is 0.384 e. The average Bonchev–Trinajstić information content (AvgIpc) is 2.47. The van der Waals surface area contributed by atoms with E-state index in [9.17, 15) is 0 Å². The second-order valence-electron chi connectivity index (χ2n) is 3.09. The van der Waals surface area contributed by atoms with Crippen LogP contribution in [-0.2, 0) is 7.05 Å². The zero-order chi connectivity index (χ0) is 10.1. The maximum Gasteiger partial charge on any atom is 0.121 e. The summed E-state index contributed by atoms with van der Waals surface area (Å²) in [6.45, 7) is 0. The van der Waals surface area contributed by atoms with Gasteiger partial charge >= 0.3 is 0 Å². The van der Waals surface area contributed by atoms with Gasteiger partial charge in [-0.1, -0.05) is 23.7 Å². The summed E-state index contributed by atoms with van der Waals surface area (Å²) in [5.41, 5.74) is 7.50. The highest BCUT2D eigenvalue weighted by atomic mass is 35.5. The Kier molecular flexibility index (Phi) is 2.17. The highest BCUT2D eigenvalue weighted by molar-refractivity contribution is 6.30. The lowest BCUT2D eigenvalue weighted by Crippen LogP contribution is -1.96. The van der Waals surface area contributed by atoms with E-state index in [-0.39, 0.29) is 0 Å². The fourth-order valence-corrected chi connectivity index (χ4v) is 1.46. The second kappa shape index (κ2) is 3.35. The van der Waals surface area contributed by atoms with Crippen molar-refractivity contribution in [2.24, 2.45) is 7.05 Å². The fourth-order valence-electron chi connectivity index (χ4n) is 1.27. The first-order valence-corrected chi connectivity index (χ1v) is 4.60. The van der Waals surface area contributed by atoms with Gasteiger partial charge in [0.25, 0.3) is 0 Å². The number of aryl methyl sites for hydroxylation is 1. The van der Waals surface area contributed by atoms with Crippen molar-refractivity contribution < 1.29 is 0 Å². The van der Waals surface area contributed by atoms with Crippen LogP contribution in [-0.4, -0.2) is 9.78 Å². The molecule has 2 N–H and O–H groups in total. The van der Waals surface area contributed by atoms with Gasteiger partial charge in [0, 0.05) is 23.7 Å². The summed E-state index contributed by atoms with van der Waals surface area (Å²) in [7, 11) is 1.81. The lowest BCUT2D eigenvalue weighted by Gasteiger charge is -1.95. The van der Waals surface area contributed by atoms with Gasteiger partial charge < -0.3 is 5.73 Å². The highest BCUT2D eigenvalue weighted by Crippen LogP contribution is 2.22. The SMILES string of the molecule is Cn1nc(-c2cccc(Cl)c2)cc1N. The summed E-state index contributed by atoms with van der Waals surface area (Å²) in [5.74, 6) is 0.639. The molecule has 0 atom stereocenters. The molecule has 0 aliphatic carbocycles. The van der Waals surface area contributed by atoms with Crippen molar-refractivity contribution in [2.45, 2.75) is 0 Å². The molecule has 4 heteroatoms. The number of aromatic nitrogens is 2. The highest BCUT2D eigenvalue weighted by Gasteiger charge is 2.04. The van der Waals surface area contributed by atoms with Crippen molar-refractivity contribution in [1.82, 2.24) is 9.78 Å². The molecule has 72 valence electrons. The summed E-state index contributed by atoms with van der Waals surface area (Å²) in [6, 6.07) is 9.36. The molecule has 0 spiro atoms. The summed E-state index contributed by atoms with van der Waals surface area (Å²) in [5, 5.41) is 4.96. The van der Waals surface area contributed by atoms with E-state index in [1.54, 1.807) is 4.68 Å². The number of anilines is 1. The van der Waals surface area contributed by atoms with Crippen LogP contribution < -0.4 is 5.73 Å². The first-order chi connectivity index (χ1) is 6.66. The van der Waals surface area contributed by atoms with E-state index in [0.29, 0.717) is 10.8 Å². The van der Waals surface area contributed by atoms with Crippen LogP contribution in [0.5, 0.6) is 0 Å². The lowest BCUT2D eigenvalue weighted by atomic mass is 10.1. The minimum absolute atomic E-state index is 0.639. The average molecular weight is 208 g/mol. The second-order valence-corrected chi connectivity index (χ2v) is 3.52. The number of nitrogens with zero attached hydrogens (tertiary/aromatic N) is 2. The quantitative estimate of drug-likeness (QED) is 0.780. The van der Waals surface area contributed by atoms with E-state index in [4.69, 9.17) is 17.3 Å². The Morgan fingerprint density at radius 3 is 2.71 bits per heavy atom. The molecule has 1 aromatic heterocycles. The van der Waals surface area contributed by atoms with Crippen LogP contribution >= 0.6 is 11.6 Å². The van der Waals surface area contributed by atoms with Gasteiger partial charge in [-0.3, -0.25) is 4.68 Å². The van der Waals surface area contributed by atoms with Gasteiger partial charge in [-0.15, -0.1) is 0 Å². The number of hydrogen-bond donors (Lipinski definition) is 1. The molecule has 0 aliphatic rings. The molecule has 0 aliphatic heterocycles. The molecule has 2 rings (SSSR count). The van der Waals surface area contributed by atoms with Crippen molar-refractivity contribution >= 4 is 17.4 Å². The van der Waals surface area contributed by atoms with E-state index in [2.05, 4.69) is 5.10 Å². The predicted molar refractivity (Wildman–Crippen MR) is 58.1 cm³/mol. The van der Waals surface area contributed by atoms with Gasteiger partial charge in [-0.05, 0) is 12.1 Å². The standard InChI is InChI=1S/C10H10ClN3/c1-14-10(12)6-9(13-14)7-3-2-4-8(11)5-7/h2-6H,12H2,1H3. The van der Waals surface area contributed by atoms with E-state index in [1.165, 1.54) is 0 Å². The van der Waals surface area contributed by atoms with E-state index in [0.717, 1.165) is 11.3 Å². The molecule has 3 nitrogen and oxygen atoms in total. The van der Waals surface area contributed by atoms with E-state index in [1.807, 2.05) is 37.4 Å². The zero-order valence-electron chi connectivity index (χ0n) is 7.74. The number of benzene rings is 1. The van der Waals surface area contributed by atoms with Gasteiger partial charge in [0.1, 0.15) is 5.82 Å². The van der Waals surface area contributed by atoms with E-state index < -0.39 is 0 Å². The molecule has 1 aromatic carbocycles. The van der Waals surface area contributed by atoms with Crippen LogP contribution in [0, 0.1) is 0 Å². The molecule has 0 saturated carbocycles. The summed E-state index contributed by atoms with van der Waals surface area (Å²) >= 11 is 5.88. The van der Waals surface area contributed by atoms with Crippen LogP contribution in [0.25, 0.3) is 11.3 Å². The third-order valence-corrected chi connectivity index (χ3v) is 2.27. The fraction of sp³-hybridized carbons (Fsp3) is 0.100. The Balaban J connectivity index is 2.49. The maximum absolute atomic E-state index is 5.88. The first-order valence-electron chi connectivity index (χ1n) is 4.22. The third-order valence-electron chi connectivity index (χ3n) is 2.04. The molecule has 2 aromatic rings. The van der Waals surface area contributed by atoms with Crippen LogP contribution in [0.15, 0.2) is 30.3 Å². The minimum Gasteiger partial charge on any atom is -0.384 e. The smallest absolute Gasteiger partial charge is 0.121 e. The van der Waals surface area contributed by atoms with Gasteiger partial charge in [-0.2, -0.15) is 5.10 Å². The Morgan fingerprint density at radius 1 is 1.36 bits per heavy atom. The van der Waals surface area contributed by atoms with Crippen LogP contribution in [0.2, 0.25) is 5.02 Å². The van der Waals surface area contributed by atoms with Gasteiger partial charge in [0.2, 0.25) is 0 Å². The number of nitrogens with two attached hydrogens (primary N) is 1. The van der Waals surface area contributed by atoms with Crippen molar-refractivity contribution in [3.05, 3.63) is 35.4 Å². The van der Waals surface area contributed by atoms with Crippen LogP contribution in [0.3, 0.4) is 0 Å². The molecular formula is C10H10ClN3. The molecule has 14 heavy (non-hydrogen) atoms. The molecule has 0 radical (unpaired) electrons. The van der Waals surface area contributed by atoms with Crippen molar-refractivity contribution in [3.63, 3.8) is 0 Å².